The molecule has 0 aliphatic carbocycles. The van der Waals surface area contributed by atoms with Crippen molar-refractivity contribution >= 4 is 5.97 Å². The number of aliphatic carboxylic acids is 1. The van der Waals surface area contributed by atoms with Gasteiger partial charge in [-0.15, -0.1) is 0 Å². The maximum atomic E-state index is 10.1. The molecule has 0 fully saturated rings. The molecule has 0 bridgehead atoms. The Labute approximate surface area is 94.7 Å². The molecular formula is C13H14O3. The van der Waals surface area contributed by atoms with Crippen LogP contribution in [0.15, 0.2) is 30.3 Å². The number of rotatable bonds is 4. The van der Waals surface area contributed by atoms with Crippen LogP contribution in [0.4, 0.5) is 0 Å². The molecule has 0 saturated heterocycles. The quantitative estimate of drug-likeness (QED) is 0.752. The summed E-state index contributed by atoms with van der Waals surface area (Å²) in [4.78, 5) is 10.1. The van der Waals surface area contributed by atoms with Gasteiger partial charge in [0.15, 0.2) is 0 Å². The lowest BCUT2D eigenvalue weighted by Crippen LogP contribution is -2.06. The van der Waals surface area contributed by atoms with Crippen molar-refractivity contribution in [2.24, 2.45) is 0 Å². The number of aliphatic hydroxyl groups is 1. The average Bonchev–Trinajstić information content (AvgIpc) is 2.27. The van der Waals surface area contributed by atoms with E-state index in [-0.39, 0.29) is 6.42 Å². The molecule has 3 heteroatoms. The van der Waals surface area contributed by atoms with E-state index in [4.69, 9.17) is 5.11 Å². The van der Waals surface area contributed by atoms with Crippen LogP contribution in [0, 0.1) is 11.8 Å². The number of carboxylic acids is 1. The van der Waals surface area contributed by atoms with Crippen molar-refractivity contribution in [2.75, 3.05) is 0 Å². The summed E-state index contributed by atoms with van der Waals surface area (Å²) in [5, 5.41) is 17.8. The molecule has 2 N–H and O–H groups in total. The summed E-state index contributed by atoms with van der Waals surface area (Å²) < 4.78 is 0. The molecule has 0 saturated carbocycles. The minimum Gasteiger partial charge on any atom is -0.472 e. The molecule has 0 unspecified atom stereocenters. The van der Waals surface area contributed by atoms with Gasteiger partial charge in [0.1, 0.15) is 0 Å². The highest BCUT2D eigenvalue weighted by Gasteiger charge is 2.02. The Morgan fingerprint density at radius 2 is 2.00 bits per heavy atom. The van der Waals surface area contributed by atoms with Crippen LogP contribution >= 0.6 is 0 Å². The Hall–Kier alpha value is -1.79. The molecule has 1 atom stereocenters. The first-order valence-corrected chi connectivity index (χ1v) is 5.12. The van der Waals surface area contributed by atoms with Crippen molar-refractivity contribution in [1.82, 2.24) is 0 Å². The van der Waals surface area contributed by atoms with Gasteiger partial charge in [0.05, 0.1) is 6.10 Å². The average molecular weight is 218 g/mol. The molecule has 0 aliphatic rings. The summed E-state index contributed by atoms with van der Waals surface area (Å²) in [7, 11) is 0. The second-order valence-electron chi connectivity index (χ2n) is 3.49. The fourth-order valence-corrected chi connectivity index (χ4v) is 1.32. The molecule has 84 valence electrons. The highest BCUT2D eigenvalue weighted by molar-refractivity contribution is 5.86. The summed E-state index contributed by atoms with van der Waals surface area (Å²) in [5.41, 5.74) is 1.16. The molecule has 0 heterocycles. The van der Waals surface area contributed by atoms with E-state index in [9.17, 15) is 9.90 Å². The van der Waals surface area contributed by atoms with Crippen LogP contribution in [0.25, 0.3) is 0 Å². The molecule has 1 aromatic rings. The first-order chi connectivity index (χ1) is 7.68. The predicted molar refractivity (Wildman–Crippen MR) is 60.8 cm³/mol. The summed E-state index contributed by atoms with van der Waals surface area (Å²) in [6.45, 7) is 0. The number of benzene rings is 1. The summed E-state index contributed by atoms with van der Waals surface area (Å²) in [6.07, 6.45) is 1.01. The smallest absolute Gasteiger partial charge is 0.381 e. The lowest BCUT2D eigenvalue weighted by Gasteiger charge is -2.06. The molecule has 16 heavy (non-hydrogen) atoms. The van der Waals surface area contributed by atoms with Crippen molar-refractivity contribution in [2.45, 2.75) is 25.4 Å². The molecule has 0 amide bonds. The second-order valence-corrected chi connectivity index (χ2v) is 3.49. The van der Waals surface area contributed by atoms with Crippen LogP contribution in [-0.4, -0.2) is 22.3 Å². The van der Waals surface area contributed by atoms with Crippen LogP contribution in [-0.2, 0) is 11.2 Å². The first-order valence-electron chi connectivity index (χ1n) is 5.12. The Morgan fingerprint density at radius 1 is 1.31 bits per heavy atom. The zero-order valence-corrected chi connectivity index (χ0v) is 8.89. The van der Waals surface area contributed by atoms with E-state index in [1.165, 1.54) is 0 Å². The maximum absolute atomic E-state index is 10.1. The number of hydrogen-bond donors (Lipinski definition) is 2. The minimum absolute atomic E-state index is 0.207. The fraction of sp³-hybridized carbons (Fsp3) is 0.308. The van der Waals surface area contributed by atoms with Crippen LogP contribution < -0.4 is 0 Å². The van der Waals surface area contributed by atoms with Crippen molar-refractivity contribution < 1.29 is 15.0 Å². The molecule has 3 nitrogen and oxygen atoms in total. The molecule has 0 aliphatic heterocycles. The summed E-state index contributed by atoms with van der Waals surface area (Å²) >= 11 is 0. The van der Waals surface area contributed by atoms with Crippen molar-refractivity contribution in [3.8, 4) is 11.8 Å². The Morgan fingerprint density at radius 3 is 2.62 bits per heavy atom. The van der Waals surface area contributed by atoms with Crippen LogP contribution in [0.3, 0.4) is 0 Å². The summed E-state index contributed by atoms with van der Waals surface area (Å²) in [5.74, 6) is 3.25. The van der Waals surface area contributed by atoms with Gasteiger partial charge in [0, 0.05) is 12.3 Å². The number of aliphatic hydroxyl groups excluding tert-OH is 1. The fourth-order valence-electron chi connectivity index (χ4n) is 1.32. The van der Waals surface area contributed by atoms with Crippen molar-refractivity contribution in [1.29, 1.82) is 0 Å². The Kier molecular flexibility index (Phi) is 5.10. The predicted octanol–water partition coefficient (Wildman–Crippen LogP) is 1.46. The SMILES string of the molecule is O=C(O)C#CC[C@@H](O)CCc1ccccc1. The molecule has 0 radical (unpaired) electrons. The first kappa shape index (κ1) is 12.3. The minimum atomic E-state index is -1.16. The van der Waals surface area contributed by atoms with Gasteiger partial charge in [-0.1, -0.05) is 36.3 Å². The highest BCUT2D eigenvalue weighted by atomic mass is 16.4. The van der Waals surface area contributed by atoms with E-state index in [1.807, 2.05) is 36.3 Å². The third-order valence-corrected chi connectivity index (χ3v) is 2.14. The van der Waals surface area contributed by atoms with Crippen molar-refractivity contribution in [3.63, 3.8) is 0 Å². The number of carbonyl (C=O) groups is 1. The number of aryl methyl sites for hydroxylation is 1. The topological polar surface area (TPSA) is 57.5 Å². The maximum Gasteiger partial charge on any atom is 0.381 e. The van der Waals surface area contributed by atoms with Crippen LogP contribution in [0.5, 0.6) is 0 Å². The lowest BCUT2D eigenvalue weighted by molar-refractivity contribution is -0.130. The zero-order valence-electron chi connectivity index (χ0n) is 8.89. The van der Waals surface area contributed by atoms with Gasteiger partial charge in [-0.25, -0.2) is 4.79 Å². The van der Waals surface area contributed by atoms with Gasteiger partial charge < -0.3 is 10.2 Å². The lowest BCUT2D eigenvalue weighted by atomic mass is 10.1. The van der Waals surface area contributed by atoms with Gasteiger partial charge in [-0.2, -0.15) is 0 Å². The van der Waals surface area contributed by atoms with Crippen molar-refractivity contribution in [3.05, 3.63) is 35.9 Å². The van der Waals surface area contributed by atoms with Crippen LogP contribution in [0.2, 0.25) is 0 Å². The zero-order chi connectivity index (χ0) is 11.8. The molecular weight excluding hydrogens is 204 g/mol. The standard InChI is InChI=1S/C13H14O3/c14-12(7-4-8-13(15)16)10-9-11-5-2-1-3-6-11/h1-3,5-6,12,14H,7,9-10H2,(H,15,16)/t12-/m1/s1. The van der Waals surface area contributed by atoms with E-state index < -0.39 is 12.1 Å². The van der Waals surface area contributed by atoms with Gasteiger partial charge >= 0.3 is 5.97 Å². The van der Waals surface area contributed by atoms with Gasteiger partial charge in [-0.3, -0.25) is 0 Å². The monoisotopic (exact) mass is 218 g/mol. The van der Waals surface area contributed by atoms with E-state index in [0.29, 0.717) is 6.42 Å². The number of hydrogen-bond acceptors (Lipinski definition) is 2. The molecule has 0 spiro atoms. The van der Waals surface area contributed by atoms with E-state index in [1.54, 1.807) is 0 Å². The van der Waals surface area contributed by atoms with E-state index in [2.05, 4.69) is 5.92 Å². The van der Waals surface area contributed by atoms with Gasteiger partial charge in [0.25, 0.3) is 0 Å². The van der Waals surface area contributed by atoms with Gasteiger partial charge in [0.2, 0.25) is 0 Å². The third kappa shape index (κ3) is 5.18. The third-order valence-electron chi connectivity index (χ3n) is 2.14. The highest BCUT2D eigenvalue weighted by Crippen LogP contribution is 2.06. The van der Waals surface area contributed by atoms with Gasteiger partial charge in [-0.05, 0) is 18.4 Å². The molecule has 1 rings (SSSR count). The second kappa shape index (κ2) is 6.65. The molecule has 0 aromatic heterocycles. The Bertz CT molecular complexity index is 387. The van der Waals surface area contributed by atoms with Crippen LogP contribution in [0.1, 0.15) is 18.4 Å². The Balaban J connectivity index is 2.29. The summed E-state index contributed by atoms with van der Waals surface area (Å²) in [6, 6.07) is 9.83. The van der Waals surface area contributed by atoms with E-state index >= 15 is 0 Å². The molecule has 1 aromatic carbocycles. The largest absolute Gasteiger partial charge is 0.472 e. The number of carboxylic acid groups (broad SMARTS) is 1. The normalized spacial score (nSPS) is 11.3. The van der Waals surface area contributed by atoms with E-state index in [0.717, 1.165) is 12.0 Å².